The molecule has 0 amide bonds. The van der Waals surface area contributed by atoms with Crippen molar-refractivity contribution in [2.75, 3.05) is 5.32 Å². The van der Waals surface area contributed by atoms with Crippen LogP contribution < -0.4 is 10.1 Å². The minimum absolute atomic E-state index is 0.0744. The van der Waals surface area contributed by atoms with Crippen LogP contribution in [-0.4, -0.2) is 6.61 Å². The average molecular weight is 291 g/mol. The first-order chi connectivity index (χ1) is 9.94. The standard InChI is InChI=1S/C17H19F2NO/c1-11-7-12(2)9-14(8-11)13(3)20-15-5-4-6-16(10-15)21-17(18)19/h4-10,13,17,20H,1-3H3. The van der Waals surface area contributed by atoms with Crippen LogP contribution in [0.15, 0.2) is 42.5 Å². The Kier molecular flexibility index (Phi) is 4.78. The number of benzene rings is 2. The molecular weight excluding hydrogens is 272 g/mol. The van der Waals surface area contributed by atoms with Gasteiger partial charge in [0, 0.05) is 17.8 Å². The zero-order chi connectivity index (χ0) is 15.4. The highest BCUT2D eigenvalue weighted by atomic mass is 19.3. The molecule has 1 unspecified atom stereocenters. The van der Waals surface area contributed by atoms with Crippen molar-refractivity contribution in [1.29, 1.82) is 0 Å². The fourth-order valence-electron chi connectivity index (χ4n) is 2.36. The van der Waals surface area contributed by atoms with Crippen LogP contribution in [-0.2, 0) is 0 Å². The zero-order valence-corrected chi connectivity index (χ0v) is 12.4. The SMILES string of the molecule is Cc1cc(C)cc(C(C)Nc2cccc(OC(F)F)c2)c1. The van der Waals surface area contributed by atoms with Crippen LogP contribution in [0.4, 0.5) is 14.5 Å². The summed E-state index contributed by atoms with van der Waals surface area (Å²) in [6, 6.07) is 13.0. The molecule has 2 aromatic carbocycles. The maximum absolute atomic E-state index is 12.2. The van der Waals surface area contributed by atoms with Gasteiger partial charge in [0.25, 0.3) is 0 Å². The van der Waals surface area contributed by atoms with Crippen LogP contribution in [0.25, 0.3) is 0 Å². The Morgan fingerprint density at radius 1 is 1.00 bits per heavy atom. The molecule has 2 nitrogen and oxygen atoms in total. The molecule has 0 aliphatic carbocycles. The Morgan fingerprint density at radius 3 is 2.29 bits per heavy atom. The molecule has 0 saturated heterocycles. The van der Waals surface area contributed by atoms with Gasteiger partial charge in [-0.15, -0.1) is 0 Å². The summed E-state index contributed by atoms with van der Waals surface area (Å²) in [7, 11) is 0. The van der Waals surface area contributed by atoms with Crippen molar-refractivity contribution in [2.24, 2.45) is 0 Å². The maximum atomic E-state index is 12.2. The van der Waals surface area contributed by atoms with E-state index in [1.54, 1.807) is 12.1 Å². The highest BCUT2D eigenvalue weighted by molar-refractivity contribution is 5.50. The molecule has 21 heavy (non-hydrogen) atoms. The van der Waals surface area contributed by atoms with Gasteiger partial charge < -0.3 is 10.1 Å². The van der Waals surface area contributed by atoms with E-state index in [9.17, 15) is 8.78 Å². The molecule has 1 N–H and O–H groups in total. The summed E-state index contributed by atoms with van der Waals surface area (Å²) in [5, 5.41) is 3.30. The fourth-order valence-corrected chi connectivity index (χ4v) is 2.36. The monoisotopic (exact) mass is 291 g/mol. The molecule has 1 atom stereocenters. The topological polar surface area (TPSA) is 21.3 Å². The molecule has 0 aliphatic heterocycles. The van der Waals surface area contributed by atoms with Crippen molar-refractivity contribution < 1.29 is 13.5 Å². The summed E-state index contributed by atoms with van der Waals surface area (Å²) >= 11 is 0. The van der Waals surface area contributed by atoms with Gasteiger partial charge >= 0.3 is 6.61 Å². The summed E-state index contributed by atoms with van der Waals surface area (Å²) < 4.78 is 28.9. The van der Waals surface area contributed by atoms with E-state index < -0.39 is 6.61 Å². The summed E-state index contributed by atoms with van der Waals surface area (Å²) in [6.45, 7) is 3.34. The Morgan fingerprint density at radius 2 is 1.67 bits per heavy atom. The van der Waals surface area contributed by atoms with E-state index in [1.807, 2.05) is 13.0 Å². The molecule has 2 aromatic rings. The highest BCUT2D eigenvalue weighted by Crippen LogP contribution is 2.24. The number of ether oxygens (including phenoxy) is 1. The molecule has 0 radical (unpaired) electrons. The summed E-state index contributed by atoms with van der Waals surface area (Å²) in [5.41, 5.74) is 4.31. The van der Waals surface area contributed by atoms with E-state index in [2.05, 4.69) is 42.1 Å². The van der Waals surface area contributed by atoms with Crippen LogP contribution >= 0.6 is 0 Å². The van der Waals surface area contributed by atoms with Gasteiger partial charge in [0.05, 0.1) is 0 Å². The number of aryl methyl sites for hydroxylation is 2. The molecule has 0 heterocycles. The van der Waals surface area contributed by atoms with Crippen molar-refractivity contribution in [3.05, 3.63) is 59.2 Å². The number of hydrogen-bond acceptors (Lipinski definition) is 2. The largest absolute Gasteiger partial charge is 0.435 e. The second kappa shape index (κ2) is 6.57. The first-order valence-electron chi connectivity index (χ1n) is 6.83. The molecular formula is C17H19F2NO. The summed E-state index contributed by atoms with van der Waals surface area (Å²) in [4.78, 5) is 0. The normalized spacial score (nSPS) is 12.3. The summed E-state index contributed by atoms with van der Waals surface area (Å²) in [5.74, 6) is 0.155. The van der Waals surface area contributed by atoms with E-state index in [4.69, 9.17) is 0 Å². The second-order valence-electron chi connectivity index (χ2n) is 5.19. The lowest BCUT2D eigenvalue weighted by Gasteiger charge is -2.17. The van der Waals surface area contributed by atoms with Crippen LogP contribution in [0.5, 0.6) is 5.75 Å². The van der Waals surface area contributed by atoms with Crippen molar-refractivity contribution >= 4 is 5.69 Å². The average Bonchev–Trinajstić information content (AvgIpc) is 2.37. The zero-order valence-electron chi connectivity index (χ0n) is 12.4. The van der Waals surface area contributed by atoms with Crippen LogP contribution in [0.3, 0.4) is 0 Å². The van der Waals surface area contributed by atoms with E-state index in [-0.39, 0.29) is 11.8 Å². The molecule has 0 spiro atoms. The van der Waals surface area contributed by atoms with E-state index in [1.165, 1.54) is 17.2 Å². The first-order valence-corrected chi connectivity index (χ1v) is 6.83. The quantitative estimate of drug-likeness (QED) is 0.829. The molecule has 0 fully saturated rings. The van der Waals surface area contributed by atoms with Gasteiger partial charge in [-0.25, -0.2) is 0 Å². The Bertz CT molecular complexity index is 593. The number of alkyl halides is 2. The molecule has 0 aromatic heterocycles. The van der Waals surface area contributed by atoms with E-state index >= 15 is 0 Å². The van der Waals surface area contributed by atoms with Crippen LogP contribution in [0.1, 0.15) is 29.7 Å². The Balaban J connectivity index is 2.13. The Hall–Kier alpha value is -2.10. The number of nitrogens with one attached hydrogen (secondary N) is 1. The molecule has 2 rings (SSSR count). The van der Waals surface area contributed by atoms with Crippen molar-refractivity contribution in [3.63, 3.8) is 0 Å². The molecule has 0 bridgehead atoms. The van der Waals surface area contributed by atoms with Crippen molar-refractivity contribution in [3.8, 4) is 5.75 Å². The molecule has 4 heteroatoms. The third kappa shape index (κ3) is 4.45. The number of anilines is 1. The first kappa shape index (κ1) is 15.3. The predicted molar refractivity (Wildman–Crippen MR) is 81.0 cm³/mol. The van der Waals surface area contributed by atoms with Gasteiger partial charge in [0.2, 0.25) is 0 Å². The minimum atomic E-state index is -2.81. The van der Waals surface area contributed by atoms with Crippen LogP contribution in [0, 0.1) is 13.8 Å². The molecule has 0 saturated carbocycles. The second-order valence-corrected chi connectivity index (χ2v) is 5.19. The third-order valence-corrected chi connectivity index (χ3v) is 3.19. The van der Waals surface area contributed by atoms with Crippen molar-refractivity contribution in [1.82, 2.24) is 0 Å². The number of halogens is 2. The van der Waals surface area contributed by atoms with Gasteiger partial charge in [-0.1, -0.05) is 35.4 Å². The number of hydrogen-bond donors (Lipinski definition) is 1. The highest BCUT2D eigenvalue weighted by Gasteiger charge is 2.08. The summed E-state index contributed by atoms with van der Waals surface area (Å²) in [6.07, 6.45) is 0. The Labute approximate surface area is 123 Å². The van der Waals surface area contributed by atoms with E-state index in [0.717, 1.165) is 11.3 Å². The van der Waals surface area contributed by atoms with Crippen molar-refractivity contribution in [2.45, 2.75) is 33.4 Å². The lowest BCUT2D eigenvalue weighted by atomic mass is 10.0. The lowest BCUT2D eigenvalue weighted by Crippen LogP contribution is -2.08. The molecule has 0 aliphatic rings. The fraction of sp³-hybridized carbons (Fsp3) is 0.294. The van der Waals surface area contributed by atoms with E-state index in [0.29, 0.717) is 0 Å². The lowest BCUT2D eigenvalue weighted by molar-refractivity contribution is -0.0498. The predicted octanol–water partition coefficient (Wildman–Crippen LogP) is 5.08. The van der Waals surface area contributed by atoms with Gasteiger partial charge in [-0.2, -0.15) is 8.78 Å². The maximum Gasteiger partial charge on any atom is 0.387 e. The smallest absolute Gasteiger partial charge is 0.387 e. The van der Waals surface area contributed by atoms with Gasteiger partial charge in [-0.05, 0) is 38.5 Å². The number of rotatable bonds is 5. The van der Waals surface area contributed by atoms with Crippen LogP contribution in [0.2, 0.25) is 0 Å². The van der Waals surface area contributed by atoms with Gasteiger partial charge in [-0.3, -0.25) is 0 Å². The third-order valence-electron chi connectivity index (χ3n) is 3.19. The molecule has 112 valence electrons. The van der Waals surface area contributed by atoms with Gasteiger partial charge in [0.15, 0.2) is 0 Å². The minimum Gasteiger partial charge on any atom is -0.435 e. The van der Waals surface area contributed by atoms with Gasteiger partial charge in [0.1, 0.15) is 5.75 Å².